The summed E-state index contributed by atoms with van der Waals surface area (Å²) < 4.78 is 29.4. The Morgan fingerprint density at radius 2 is 1.62 bits per heavy atom. The second kappa shape index (κ2) is 13.5. The summed E-state index contributed by atoms with van der Waals surface area (Å²) in [5, 5.41) is 3.13. The predicted molar refractivity (Wildman–Crippen MR) is 161 cm³/mol. The van der Waals surface area contributed by atoms with Crippen molar-refractivity contribution in [2.45, 2.75) is 69.5 Å². The number of aryl methyl sites for hydroxylation is 1. The number of halogens is 1. The molecule has 4 rings (SSSR count). The Bertz CT molecular complexity index is 1410. The fourth-order valence-electron chi connectivity index (χ4n) is 4.92. The van der Waals surface area contributed by atoms with Gasteiger partial charge in [-0.25, -0.2) is 8.42 Å². The number of carbonyl (C=O) groups is 2. The van der Waals surface area contributed by atoms with E-state index < -0.39 is 28.5 Å². The van der Waals surface area contributed by atoms with Crippen molar-refractivity contribution < 1.29 is 18.0 Å². The summed E-state index contributed by atoms with van der Waals surface area (Å²) in [6, 6.07) is 22.0. The molecule has 1 aliphatic rings. The molecule has 1 aliphatic carbocycles. The molecule has 1 unspecified atom stereocenters. The van der Waals surface area contributed by atoms with E-state index >= 15 is 0 Å². The van der Waals surface area contributed by atoms with Crippen LogP contribution in [0, 0.1) is 6.92 Å². The molecule has 3 aromatic rings. The maximum absolute atomic E-state index is 14.0. The third-order valence-electron chi connectivity index (χ3n) is 7.30. The highest BCUT2D eigenvalue weighted by molar-refractivity contribution is 9.10. The second-order valence-electron chi connectivity index (χ2n) is 10.3. The Morgan fingerprint density at radius 1 is 0.950 bits per heavy atom. The summed E-state index contributed by atoms with van der Waals surface area (Å²) in [5.74, 6) is -0.696. The van der Waals surface area contributed by atoms with E-state index in [0.29, 0.717) is 10.2 Å². The van der Waals surface area contributed by atoms with Gasteiger partial charge in [-0.15, -0.1) is 0 Å². The van der Waals surface area contributed by atoms with Crippen molar-refractivity contribution in [3.8, 4) is 0 Å². The van der Waals surface area contributed by atoms with Crippen LogP contribution in [-0.2, 0) is 26.2 Å². The first-order chi connectivity index (χ1) is 19.1. The van der Waals surface area contributed by atoms with Gasteiger partial charge in [0.05, 0.1) is 10.6 Å². The van der Waals surface area contributed by atoms with Crippen LogP contribution in [0.5, 0.6) is 0 Å². The topological polar surface area (TPSA) is 86.8 Å². The molecule has 1 atom stereocenters. The van der Waals surface area contributed by atoms with Crippen molar-refractivity contribution in [2.24, 2.45) is 0 Å². The Kier molecular flexibility index (Phi) is 10.0. The molecule has 9 heteroatoms. The van der Waals surface area contributed by atoms with Gasteiger partial charge in [0.1, 0.15) is 12.6 Å². The Hall–Kier alpha value is -3.17. The number of benzene rings is 3. The normalized spacial score (nSPS) is 14.8. The monoisotopic (exact) mass is 625 g/mol. The molecule has 0 aliphatic heterocycles. The van der Waals surface area contributed by atoms with Gasteiger partial charge in [-0.1, -0.05) is 89.3 Å². The highest BCUT2D eigenvalue weighted by Gasteiger charge is 2.33. The van der Waals surface area contributed by atoms with Crippen molar-refractivity contribution in [1.29, 1.82) is 0 Å². The van der Waals surface area contributed by atoms with E-state index in [9.17, 15) is 18.0 Å². The van der Waals surface area contributed by atoms with Gasteiger partial charge in [0.2, 0.25) is 11.8 Å². The second-order valence-corrected chi connectivity index (χ2v) is 13.1. The molecule has 212 valence electrons. The molecule has 0 heterocycles. The molecule has 0 spiro atoms. The molecule has 0 saturated heterocycles. The van der Waals surface area contributed by atoms with Gasteiger partial charge < -0.3 is 10.2 Å². The van der Waals surface area contributed by atoms with Gasteiger partial charge in [-0.3, -0.25) is 13.9 Å². The molecule has 0 aromatic heterocycles. The van der Waals surface area contributed by atoms with E-state index in [-0.39, 0.29) is 23.4 Å². The van der Waals surface area contributed by atoms with Crippen molar-refractivity contribution in [3.63, 3.8) is 0 Å². The lowest BCUT2D eigenvalue weighted by Crippen LogP contribution is -2.53. The van der Waals surface area contributed by atoms with Crippen LogP contribution < -0.4 is 9.62 Å². The fourth-order valence-corrected chi connectivity index (χ4v) is 6.74. The first-order valence-corrected chi connectivity index (χ1v) is 15.9. The molecule has 3 aromatic carbocycles. The smallest absolute Gasteiger partial charge is 0.264 e. The van der Waals surface area contributed by atoms with E-state index in [4.69, 9.17) is 0 Å². The zero-order valence-electron chi connectivity index (χ0n) is 22.9. The number of sulfonamides is 1. The number of carbonyl (C=O) groups excluding carboxylic acids is 2. The number of nitrogens with one attached hydrogen (secondary N) is 1. The number of nitrogens with zero attached hydrogens (tertiary/aromatic N) is 2. The Balaban J connectivity index is 1.66. The van der Waals surface area contributed by atoms with Crippen LogP contribution >= 0.6 is 15.9 Å². The van der Waals surface area contributed by atoms with Crippen LogP contribution in [0.1, 0.15) is 50.2 Å². The fraction of sp³-hybridized carbons (Fsp3) is 0.355. The van der Waals surface area contributed by atoms with Gasteiger partial charge in [-0.05, 0) is 62.6 Å². The van der Waals surface area contributed by atoms with Gasteiger partial charge in [0.25, 0.3) is 10.0 Å². The summed E-state index contributed by atoms with van der Waals surface area (Å²) in [6.07, 6.45) is 5.17. The molecule has 1 fully saturated rings. The number of hydrogen-bond donors (Lipinski definition) is 1. The van der Waals surface area contributed by atoms with E-state index in [1.165, 1.54) is 23.5 Å². The van der Waals surface area contributed by atoms with Crippen LogP contribution in [0.3, 0.4) is 0 Å². The minimum absolute atomic E-state index is 0.0796. The number of hydrogen-bond acceptors (Lipinski definition) is 4. The molecule has 0 radical (unpaired) electrons. The van der Waals surface area contributed by atoms with Gasteiger partial charge >= 0.3 is 0 Å². The predicted octanol–water partition coefficient (Wildman–Crippen LogP) is 5.82. The number of anilines is 1. The SMILES string of the molecule is Cc1ccc(CN(C(=O)CN(c2cccc(Br)c2)S(=O)(=O)c2ccccc2)C(C)C(=O)NC2CCCCC2)cc1. The number of rotatable bonds is 10. The molecule has 1 N–H and O–H groups in total. The highest BCUT2D eigenvalue weighted by atomic mass is 79.9. The summed E-state index contributed by atoms with van der Waals surface area (Å²) in [6.45, 7) is 3.41. The van der Waals surface area contributed by atoms with E-state index in [0.717, 1.165) is 41.1 Å². The average molecular weight is 627 g/mol. The summed E-state index contributed by atoms with van der Waals surface area (Å²) in [7, 11) is -4.08. The molecule has 40 heavy (non-hydrogen) atoms. The third-order valence-corrected chi connectivity index (χ3v) is 9.58. The lowest BCUT2D eigenvalue weighted by Gasteiger charge is -2.33. The highest BCUT2D eigenvalue weighted by Crippen LogP contribution is 2.27. The molecular formula is C31H36BrN3O4S. The van der Waals surface area contributed by atoms with E-state index in [1.807, 2.05) is 31.2 Å². The first-order valence-electron chi connectivity index (χ1n) is 13.6. The van der Waals surface area contributed by atoms with E-state index in [1.54, 1.807) is 49.4 Å². The minimum Gasteiger partial charge on any atom is -0.352 e. The molecular weight excluding hydrogens is 590 g/mol. The van der Waals surface area contributed by atoms with Crippen LogP contribution in [0.2, 0.25) is 0 Å². The van der Waals surface area contributed by atoms with E-state index in [2.05, 4.69) is 21.2 Å². The quantitative estimate of drug-likeness (QED) is 0.308. The van der Waals surface area contributed by atoms with Crippen LogP contribution in [-0.4, -0.2) is 43.8 Å². The van der Waals surface area contributed by atoms with Crippen LogP contribution in [0.15, 0.2) is 88.2 Å². The largest absolute Gasteiger partial charge is 0.352 e. The van der Waals surface area contributed by atoms with Gasteiger partial charge in [-0.2, -0.15) is 0 Å². The molecule has 7 nitrogen and oxygen atoms in total. The Morgan fingerprint density at radius 3 is 2.27 bits per heavy atom. The van der Waals surface area contributed by atoms with Crippen molar-refractivity contribution >= 4 is 43.5 Å². The Labute approximate surface area is 245 Å². The third kappa shape index (κ3) is 7.52. The van der Waals surface area contributed by atoms with Crippen LogP contribution in [0.25, 0.3) is 0 Å². The maximum Gasteiger partial charge on any atom is 0.264 e. The number of amides is 2. The summed E-state index contributed by atoms with van der Waals surface area (Å²) in [5.41, 5.74) is 2.29. The van der Waals surface area contributed by atoms with Gasteiger partial charge in [0, 0.05) is 17.1 Å². The maximum atomic E-state index is 14.0. The standard InChI is InChI=1S/C31H36BrN3O4S/c1-23-16-18-25(19-17-23)21-34(24(2)31(37)33-27-11-5-3-6-12-27)30(36)22-35(28-13-9-10-26(32)20-28)40(38,39)29-14-7-4-8-15-29/h4,7-10,13-20,24,27H,3,5-6,11-12,21-22H2,1-2H3,(H,33,37). The lowest BCUT2D eigenvalue weighted by atomic mass is 9.95. The van der Waals surface area contributed by atoms with Crippen molar-refractivity contribution in [1.82, 2.24) is 10.2 Å². The summed E-state index contributed by atoms with van der Waals surface area (Å²) >= 11 is 3.42. The average Bonchev–Trinajstić information content (AvgIpc) is 2.96. The first kappa shape index (κ1) is 29.8. The van der Waals surface area contributed by atoms with Gasteiger partial charge in [0.15, 0.2) is 0 Å². The molecule has 1 saturated carbocycles. The lowest BCUT2D eigenvalue weighted by molar-refractivity contribution is -0.139. The minimum atomic E-state index is -4.08. The summed E-state index contributed by atoms with van der Waals surface area (Å²) in [4.78, 5) is 29.0. The van der Waals surface area contributed by atoms with Crippen molar-refractivity contribution in [3.05, 3.63) is 94.5 Å². The zero-order chi connectivity index (χ0) is 28.7. The molecule has 0 bridgehead atoms. The zero-order valence-corrected chi connectivity index (χ0v) is 25.3. The molecule has 2 amide bonds. The van der Waals surface area contributed by atoms with Crippen molar-refractivity contribution in [2.75, 3.05) is 10.8 Å². The van der Waals surface area contributed by atoms with Crippen LogP contribution in [0.4, 0.5) is 5.69 Å².